The summed E-state index contributed by atoms with van der Waals surface area (Å²) in [6.07, 6.45) is 1.66. The van der Waals surface area contributed by atoms with Crippen molar-refractivity contribution >= 4 is 29.4 Å². The van der Waals surface area contributed by atoms with Gasteiger partial charge in [-0.25, -0.2) is 14.8 Å². The Bertz CT molecular complexity index is 600. The van der Waals surface area contributed by atoms with Crippen molar-refractivity contribution in [1.29, 1.82) is 0 Å². The van der Waals surface area contributed by atoms with Gasteiger partial charge in [0.05, 0.1) is 10.6 Å². The van der Waals surface area contributed by atoms with E-state index >= 15 is 0 Å². The molecule has 0 bridgehead atoms. The number of anilines is 1. The quantitative estimate of drug-likeness (QED) is 0.900. The van der Waals surface area contributed by atoms with Crippen molar-refractivity contribution in [2.24, 2.45) is 5.73 Å². The molecule has 2 heterocycles. The number of nitrogens with two attached hydrogens (primary N) is 1. The third-order valence-electron chi connectivity index (χ3n) is 2.99. The minimum Gasteiger partial charge on any atom is -0.442 e. The van der Waals surface area contributed by atoms with Crippen LogP contribution in [0.5, 0.6) is 0 Å². The molecule has 1 saturated heterocycles. The Hall–Kier alpha value is -2.02. The lowest BCUT2D eigenvalue weighted by Crippen LogP contribution is -2.44. The van der Waals surface area contributed by atoms with Gasteiger partial charge in [0.1, 0.15) is 5.60 Å². The molecule has 2 amide bonds. The van der Waals surface area contributed by atoms with Crippen LogP contribution >= 0.6 is 11.6 Å². The van der Waals surface area contributed by atoms with E-state index in [1.54, 1.807) is 25.8 Å². The smallest absolute Gasteiger partial charge is 0.429 e. The fourth-order valence-corrected chi connectivity index (χ4v) is 2.36. The van der Waals surface area contributed by atoms with E-state index in [4.69, 9.17) is 22.1 Å². The highest BCUT2D eigenvalue weighted by Crippen LogP contribution is 2.29. The first kappa shape index (κ1) is 16.4. The van der Waals surface area contributed by atoms with Gasteiger partial charge in [0.25, 0.3) is 0 Å². The number of halogens is 1. The molecule has 22 heavy (non-hydrogen) atoms. The maximum atomic E-state index is 12.2. The van der Waals surface area contributed by atoms with Gasteiger partial charge in [0, 0.05) is 19.3 Å². The predicted molar refractivity (Wildman–Crippen MR) is 82.7 cm³/mol. The molecule has 1 fully saturated rings. The summed E-state index contributed by atoms with van der Waals surface area (Å²) in [6.45, 7) is 6.51. The second-order valence-corrected chi connectivity index (χ2v) is 6.38. The molecule has 1 aromatic rings. The number of hydrazine groups is 1. The number of hydrogen-bond acceptors (Lipinski definition) is 5. The molecule has 1 aromatic heterocycles. The fourth-order valence-electron chi connectivity index (χ4n) is 2.09. The average molecular weight is 327 g/mol. The predicted octanol–water partition coefficient (Wildman–Crippen LogP) is 2.20. The summed E-state index contributed by atoms with van der Waals surface area (Å²) in [7, 11) is 0. The second kappa shape index (κ2) is 6.00. The number of hydrogen-bond donors (Lipinski definition) is 1. The van der Waals surface area contributed by atoms with Crippen LogP contribution in [-0.2, 0) is 4.74 Å². The normalized spacial score (nSPS) is 15.1. The zero-order valence-electron chi connectivity index (χ0n) is 12.8. The van der Waals surface area contributed by atoms with E-state index in [0.29, 0.717) is 18.9 Å². The largest absolute Gasteiger partial charge is 0.442 e. The number of carbonyl (C=O) groups is 2. The summed E-state index contributed by atoms with van der Waals surface area (Å²) in [5.41, 5.74) is 4.83. The van der Waals surface area contributed by atoms with Crippen molar-refractivity contribution in [3.8, 4) is 0 Å². The maximum Gasteiger partial charge on any atom is 0.429 e. The third kappa shape index (κ3) is 3.59. The molecule has 0 saturated carbocycles. The highest BCUT2D eigenvalue weighted by atomic mass is 35.5. The maximum absolute atomic E-state index is 12.2. The summed E-state index contributed by atoms with van der Waals surface area (Å²) < 4.78 is 5.38. The van der Waals surface area contributed by atoms with Crippen LogP contribution in [0.1, 0.15) is 37.6 Å². The lowest BCUT2D eigenvalue weighted by Gasteiger charge is -2.31. The summed E-state index contributed by atoms with van der Waals surface area (Å²) in [5, 5.41) is 3.37. The lowest BCUT2D eigenvalue weighted by atomic mass is 10.2. The topological polar surface area (TPSA) is 88.8 Å². The SMILES string of the molecule is CC(C)(C)OC(=O)N1CCCN1c1ncc(C(N)=O)cc1Cl. The van der Waals surface area contributed by atoms with Crippen LogP contribution in [0, 0.1) is 0 Å². The average Bonchev–Trinajstić information content (AvgIpc) is 2.85. The van der Waals surface area contributed by atoms with Crippen molar-refractivity contribution in [1.82, 2.24) is 9.99 Å². The highest BCUT2D eigenvalue weighted by Gasteiger charge is 2.32. The van der Waals surface area contributed by atoms with Gasteiger partial charge in [-0.05, 0) is 33.3 Å². The summed E-state index contributed by atoms with van der Waals surface area (Å²) >= 11 is 6.17. The zero-order chi connectivity index (χ0) is 16.5. The number of carbonyl (C=O) groups excluding carboxylic acids is 2. The first-order chi connectivity index (χ1) is 10.2. The van der Waals surface area contributed by atoms with Gasteiger partial charge in [0.15, 0.2) is 5.82 Å². The van der Waals surface area contributed by atoms with Crippen LogP contribution in [0.25, 0.3) is 0 Å². The van der Waals surface area contributed by atoms with Crippen molar-refractivity contribution in [2.45, 2.75) is 32.8 Å². The van der Waals surface area contributed by atoms with Crippen molar-refractivity contribution in [3.63, 3.8) is 0 Å². The second-order valence-electron chi connectivity index (χ2n) is 5.97. The molecule has 0 aliphatic carbocycles. The molecule has 2 N–H and O–H groups in total. The molecular weight excluding hydrogens is 308 g/mol. The molecule has 1 aliphatic heterocycles. The molecule has 0 unspecified atom stereocenters. The van der Waals surface area contributed by atoms with E-state index in [9.17, 15) is 9.59 Å². The molecule has 8 heteroatoms. The van der Waals surface area contributed by atoms with Gasteiger partial charge in [-0.15, -0.1) is 0 Å². The van der Waals surface area contributed by atoms with E-state index in [-0.39, 0.29) is 10.6 Å². The summed E-state index contributed by atoms with van der Waals surface area (Å²) in [4.78, 5) is 27.5. The Morgan fingerprint density at radius 1 is 1.36 bits per heavy atom. The first-order valence-electron chi connectivity index (χ1n) is 6.92. The van der Waals surface area contributed by atoms with Crippen LogP contribution in [0.3, 0.4) is 0 Å². The molecule has 0 spiro atoms. The number of rotatable bonds is 2. The van der Waals surface area contributed by atoms with E-state index < -0.39 is 17.6 Å². The number of ether oxygens (including phenoxy) is 1. The number of pyridine rings is 1. The number of aromatic nitrogens is 1. The van der Waals surface area contributed by atoms with Crippen LogP contribution in [-0.4, -0.2) is 40.7 Å². The first-order valence-corrected chi connectivity index (χ1v) is 7.30. The Morgan fingerprint density at radius 2 is 2.05 bits per heavy atom. The lowest BCUT2D eigenvalue weighted by molar-refractivity contribution is 0.0272. The van der Waals surface area contributed by atoms with Crippen molar-refractivity contribution in [3.05, 3.63) is 22.8 Å². The standard InChI is InChI=1S/C14H19ClN4O3/c1-14(2,3)22-13(21)19-6-4-5-18(19)12-10(15)7-9(8-17-12)11(16)20/h7-8H,4-6H2,1-3H3,(H2,16,20). The van der Waals surface area contributed by atoms with Gasteiger partial charge >= 0.3 is 6.09 Å². The zero-order valence-corrected chi connectivity index (χ0v) is 13.6. The molecule has 0 radical (unpaired) electrons. The summed E-state index contributed by atoms with van der Waals surface area (Å²) in [6, 6.07) is 1.44. The fraction of sp³-hybridized carbons (Fsp3) is 0.500. The molecule has 1 aliphatic rings. The van der Waals surface area contributed by atoms with Gasteiger partial charge in [-0.3, -0.25) is 9.80 Å². The minimum absolute atomic E-state index is 0.219. The Labute approximate surface area is 133 Å². The van der Waals surface area contributed by atoms with Gasteiger partial charge in [-0.1, -0.05) is 11.6 Å². The number of nitrogens with zero attached hydrogens (tertiary/aromatic N) is 3. The molecule has 0 atom stereocenters. The van der Waals surface area contributed by atoms with Gasteiger partial charge < -0.3 is 10.5 Å². The highest BCUT2D eigenvalue weighted by molar-refractivity contribution is 6.33. The van der Waals surface area contributed by atoms with E-state index in [1.165, 1.54) is 17.3 Å². The Kier molecular flexibility index (Phi) is 4.46. The minimum atomic E-state index is -0.605. The van der Waals surface area contributed by atoms with E-state index in [0.717, 1.165) is 6.42 Å². The van der Waals surface area contributed by atoms with E-state index in [1.807, 2.05) is 0 Å². The Morgan fingerprint density at radius 3 is 2.59 bits per heavy atom. The molecule has 7 nitrogen and oxygen atoms in total. The molecule has 2 rings (SSSR count). The molecule has 0 aromatic carbocycles. The summed E-state index contributed by atoms with van der Waals surface area (Å²) in [5.74, 6) is -0.207. The van der Waals surface area contributed by atoms with Crippen LogP contribution in [0.2, 0.25) is 5.02 Å². The van der Waals surface area contributed by atoms with Gasteiger partial charge in [0.2, 0.25) is 5.91 Å². The molecular formula is C14H19ClN4O3. The monoisotopic (exact) mass is 326 g/mol. The van der Waals surface area contributed by atoms with E-state index in [2.05, 4.69) is 4.98 Å². The third-order valence-corrected chi connectivity index (χ3v) is 3.26. The van der Waals surface area contributed by atoms with Gasteiger partial charge in [-0.2, -0.15) is 0 Å². The number of primary amides is 1. The van der Waals surface area contributed by atoms with Crippen LogP contribution in [0.15, 0.2) is 12.3 Å². The van der Waals surface area contributed by atoms with Crippen molar-refractivity contribution in [2.75, 3.05) is 18.1 Å². The van der Waals surface area contributed by atoms with Crippen molar-refractivity contribution < 1.29 is 14.3 Å². The molecule has 120 valence electrons. The Balaban J connectivity index is 2.24. The number of amides is 2. The van der Waals surface area contributed by atoms with Crippen LogP contribution in [0.4, 0.5) is 10.6 Å². The van der Waals surface area contributed by atoms with Crippen LogP contribution < -0.4 is 10.7 Å².